The first-order chi connectivity index (χ1) is 13.5. The zero-order chi connectivity index (χ0) is 19.7. The van der Waals surface area contributed by atoms with Crippen LogP contribution >= 0.6 is 0 Å². The number of rotatable bonds is 4. The van der Waals surface area contributed by atoms with E-state index in [1.807, 2.05) is 30.3 Å². The van der Waals surface area contributed by atoms with Crippen molar-refractivity contribution in [2.24, 2.45) is 0 Å². The maximum atomic E-state index is 13.6. The average Bonchev–Trinajstić information content (AvgIpc) is 3.12. The first-order valence-electron chi connectivity index (χ1n) is 8.57. The Balaban J connectivity index is 1.59. The Morgan fingerprint density at radius 2 is 1.96 bits per heavy atom. The van der Waals surface area contributed by atoms with Gasteiger partial charge in [0, 0.05) is 5.69 Å². The van der Waals surface area contributed by atoms with E-state index in [0.29, 0.717) is 22.3 Å². The van der Waals surface area contributed by atoms with Crippen molar-refractivity contribution in [1.82, 2.24) is 19.3 Å². The first-order valence-corrected chi connectivity index (χ1v) is 8.57. The molecule has 0 radical (unpaired) electrons. The number of aryl methyl sites for hydroxylation is 1. The molecule has 8 heteroatoms. The van der Waals surface area contributed by atoms with Gasteiger partial charge in [0.1, 0.15) is 24.1 Å². The molecule has 140 valence electrons. The molecule has 0 fully saturated rings. The van der Waals surface area contributed by atoms with Crippen LogP contribution < -0.4 is 10.9 Å². The van der Waals surface area contributed by atoms with Gasteiger partial charge in [-0.25, -0.2) is 14.1 Å². The molecule has 0 unspecified atom stereocenters. The van der Waals surface area contributed by atoms with Crippen LogP contribution in [0.1, 0.15) is 5.56 Å². The Morgan fingerprint density at radius 3 is 2.71 bits per heavy atom. The summed E-state index contributed by atoms with van der Waals surface area (Å²) in [5.41, 5.74) is 1.62. The average molecular weight is 377 g/mol. The van der Waals surface area contributed by atoms with E-state index in [1.165, 1.54) is 23.2 Å². The minimum absolute atomic E-state index is 0.242. The van der Waals surface area contributed by atoms with Gasteiger partial charge in [0.25, 0.3) is 5.56 Å². The summed E-state index contributed by atoms with van der Waals surface area (Å²) in [6, 6.07) is 13.7. The van der Waals surface area contributed by atoms with E-state index in [9.17, 15) is 14.0 Å². The van der Waals surface area contributed by atoms with Crippen LogP contribution in [0.4, 0.5) is 10.1 Å². The highest BCUT2D eigenvalue weighted by Gasteiger charge is 2.13. The topological polar surface area (TPSA) is 81.8 Å². The summed E-state index contributed by atoms with van der Waals surface area (Å²) in [6.07, 6.45) is 2.74. The number of hydrogen-bond donors (Lipinski definition) is 1. The summed E-state index contributed by atoms with van der Waals surface area (Å²) in [6.45, 7) is 1.39. The molecule has 2 aromatic heterocycles. The van der Waals surface area contributed by atoms with E-state index in [4.69, 9.17) is 0 Å². The highest BCUT2D eigenvalue weighted by atomic mass is 19.1. The highest BCUT2D eigenvalue weighted by Crippen LogP contribution is 2.14. The van der Waals surface area contributed by atoms with Crippen molar-refractivity contribution in [3.8, 4) is 5.69 Å². The highest BCUT2D eigenvalue weighted by molar-refractivity contribution is 5.90. The van der Waals surface area contributed by atoms with Gasteiger partial charge in [0.15, 0.2) is 5.65 Å². The van der Waals surface area contributed by atoms with Crippen LogP contribution in [0.15, 0.2) is 65.8 Å². The van der Waals surface area contributed by atoms with Crippen molar-refractivity contribution < 1.29 is 9.18 Å². The zero-order valence-corrected chi connectivity index (χ0v) is 15.0. The predicted molar refractivity (Wildman–Crippen MR) is 103 cm³/mol. The number of nitrogens with zero attached hydrogens (tertiary/aromatic N) is 4. The third-order valence-electron chi connectivity index (χ3n) is 4.32. The lowest BCUT2D eigenvalue weighted by Crippen LogP contribution is -2.27. The quantitative estimate of drug-likeness (QED) is 0.593. The molecule has 0 bridgehead atoms. The van der Waals surface area contributed by atoms with Crippen LogP contribution in [-0.2, 0) is 11.3 Å². The number of aromatic nitrogens is 4. The summed E-state index contributed by atoms with van der Waals surface area (Å²) in [4.78, 5) is 29.2. The molecule has 2 heterocycles. The second kappa shape index (κ2) is 7.07. The fourth-order valence-corrected chi connectivity index (χ4v) is 2.85. The molecule has 4 aromatic rings. The lowest BCUT2D eigenvalue weighted by molar-refractivity contribution is -0.116. The van der Waals surface area contributed by atoms with E-state index in [2.05, 4.69) is 15.4 Å². The van der Waals surface area contributed by atoms with Crippen molar-refractivity contribution in [2.75, 3.05) is 5.32 Å². The number of halogens is 1. The van der Waals surface area contributed by atoms with Crippen LogP contribution in [0.5, 0.6) is 0 Å². The van der Waals surface area contributed by atoms with Crippen molar-refractivity contribution in [3.05, 3.63) is 82.8 Å². The minimum atomic E-state index is -0.457. The molecule has 0 aliphatic carbocycles. The maximum absolute atomic E-state index is 13.6. The Labute approximate surface area is 159 Å². The van der Waals surface area contributed by atoms with Gasteiger partial charge < -0.3 is 5.32 Å². The molecule has 0 saturated carbocycles. The number of carbonyl (C=O) groups is 1. The first kappa shape index (κ1) is 17.6. The largest absolute Gasteiger partial charge is 0.324 e. The Bertz CT molecular complexity index is 1230. The Morgan fingerprint density at radius 1 is 1.18 bits per heavy atom. The molecular weight excluding hydrogens is 361 g/mol. The van der Waals surface area contributed by atoms with E-state index in [-0.39, 0.29) is 12.1 Å². The molecule has 0 spiro atoms. The van der Waals surface area contributed by atoms with Crippen LogP contribution in [0.25, 0.3) is 16.7 Å². The Kier molecular flexibility index (Phi) is 4.44. The van der Waals surface area contributed by atoms with Crippen molar-refractivity contribution in [1.29, 1.82) is 0 Å². The number of fused-ring (bicyclic) bond motifs is 1. The monoisotopic (exact) mass is 377 g/mol. The number of para-hydroxylation sites is 1. The van der Waals surface area contributed by atoms with Gasteiger partial charge in [0.05, 0.1) is 11.9 Å². The molecule has 4 rings (SSSR count). The minimum Gasteiger partial charge on any atom is -0.324 e. The normalized spacial score (nSPS) is 10.9. The molecule has 0 aliphatic rings. The molecule has 7 nitrogen and oxygen atoms in total. The van der Waals surface area contributed by atoms with Gasteiger partial charge in [-0.15, -0.1) is 0 Å². The maximum Gasteiger partial charge on any atom is 0.264 e. The number of anilines is 1. The second-order valence-corrected chi connectivity index (χ2v) is 6.32. The molecular formula is C20H16FN5O2. The number of hydrogen-bond acceptors (Lipinski definition) is 4. The molecule has 0 aliphatic heterocycles. The van der Waals surface area contributed by atoms with Gasteiger partial charge in [0.2, 0.25) is 5.91 Å². The standard InChI is InChI=1S/C20H16FN5O2/c1-13-7-8-14(9-17(13)21)24-18(27)11-25-12-22-19-16(20(25)28)10-23-26(19)15-5-3-2-4-6-15/h2-10,12H,11H2,1H3,(H,24,27). The lowest BCUT2D eigenvalue weighted by Gasteiger charge is -2.08. The predicted octanol–water partition coefficient (Wildman–Crippen LogP) is 2.67. The number of amides is 1. The summed E-state index contributed by atoms with van der Waals surface area (Å²) in [5.74, 6) is -0.867. The van der Waals surface area contributed by atoms with E-state index in [0.717, 1.165) is 5.69 Å². The number of nitrogens with one attached hydrogen (secondary N) is 1. The molecule has 1 N–H and O–H groups in total. The SMILES string of the molecule is Cc1ccc(NC(=O)Cn2cnc3c(cnn3-c3ccccc3)c2=O)cc1F. The van der Waals surface area contributed by atoms with Gasteiger partial charge in [-0.2, -0.15) is 5.10 Å². The second-order valence-electron chi connectivity index (χ2n) is 6.32. The smallest absolute Gasteiger partial charge is 0.264 e. The zero-order valence-electron chi connectivity index (χ0n) is 15.0. The van der Waals surface area contributed by atoms with Crippen molar-refractivity contribution in [3.63, 3.8) is 0 Å². The van der Waals surface area contributed by atoms with Gasteiger partial charge in [-0.1, -0.05) is 24.3 Å². The molecule has 0 saturated heterocycles. The van der Waals surface area contributed by atoms with Crippen LogP contribution in [0, 0.1) is 12.7 Å². The Hall–Kier alpha value is -3.81. The van der Waals surface area contributed by atoms with E-state index in [1.54, 1.807) is 23.7 Å². The van der Waals surface area contributed by atoms with Crippen molar-refractivity contribution >= 4 is 22.6 Å². The summed E-state index contributed by atoms with van der Waals surface area (Å²) in [5, 5.41) is 7.11. The third kappa shape index (κ3) is 3.27. The summed E-state index contributed by atoms with van der Waals surface area (Å²) in [7, 11) is 0. The fourth-order valence-electron chi connectivity index (χ4n) is 2.85. The molecule has 2 aromatic carbocycles. The lowest BCUT2D eigenvalue weighted by atomic mass is 10.2. The molecule has 28 heavy (non-hydrogen) atoms. The van der Waals surface area contributed by atoms with E-state index >= 15 is 0 Å². The van der Waals surface area contributed by atoms with Gasteiger partial charge in [-0.05, 0) is 36.8 Å². The van der Waals surface area contributed by atoms with Gasteiger partial charge in [-0.3, -0.25) is 14.2 Å². The number of benzene rings is 2. The van der Waals surface area contributed by atoms with Crippen LogP contribution in [0.2, 0.25) is 0 Å². The summed E-state index contributed by atoms with van der Waals surface area (Å²) < 4.78 is 16.4. The van der Waals surface area contributed by atoms with Gasteiger partial charge >= 0.3 is 0 Å². The third-order valence-corrected chi connectivity index (χ3v) is 4.32. The summed E-state index contributed by atoms with van der Waals surface area (Å²) >= 11 is 0. The van der Waals surface area contributed by atoms with Crippen LogP contribution in [-0.4, -0.2) is 25.2 Å². The molecule has 0 atom stereocenters. The number of carbonyl (C=O) groups excluding carboxylic acids is 1. The van der Waals surface area contributed by atoms with Crippen LogP contribution in [0.3, 0.4) is 0 Å². The van der Waals surface area contributed by atoms with E-state index < -0.39 is 11.7 Å². The van der Waals surface area contributed by atoms with Crippen molar-refractivity contribution in [2.45, 2.75) is 13.5 Å². The fraction of sp³-hybridized carbons (Fsp3) is 0.100. The molecule has 1 amide bonds.